The molecular formula is C20H27Cl3O3. The van der Waals surface area contributed by atoms with Crippen molar-refractivity contribution in [3.05, 3.63) is 0 Å². The molecule has 4 fully saturated rings. The Labute approximate surface area is 170 Å². The molecule has 0 radical (unpaired) electrons. The van der Waals surface area contributed by atoms with Crippen LogP contribution in [-0.4, -0.2) is 26.1 Å². The van der Waals surface area contributed by atoms with Crippen molar-refractivity contribution in [3.8, 4) is 0 Å². The van der Waals surface area contributed by atoms with E-state index in [-0.39, 0.29) is 40.3 Å². The maximum Gasteiger partial charge on any atom is 0.218 e. The van der Waals surface area contributed by atoms with E-state index >= 15 is 0 Å². The van der Waals surface area contributed by atoms with Crippen LogP contribution < -0.4 is 0 Å². The average molecular weight is 422 g/mol. The van der Waals surface area contributed by atoms with Crippen LogP contribution in [0.2, 0.25) is 0 Å². The molecule has 26 heavy (non-hydrogen) atoms. The lowest BCUT2D eigenvalue weighted by Crippen LogP contribution is -2.60. The first kappa shape index (κ1) is 19.5. The molecule has 6 heteroatoms. The molecule has 0 bridgehead atoms. The summed E-state index contributed by atoms with van der Waals surface area (Å²) in [6, 6.07) is 0. The second-order valence-corrected chi connectivity index (χ2v) is 12.0. The van der Waals surface area contributed by atoms with Gasteiger partial charge in [-0.3, -0.25) is 9.59 Å². The van der Waals surface area contributed by atoms with E-state index in [4.69, 9.17) is 34.8 Å². The van der Waals surface area contributed by atoms with Gasteiger partial charge in [0, 0.05) is 24.2 Å². The van der Waals surface area contributed by atoms with Crippen LogP contribution in [0.4, 0.5) is 0 Å². The number of halogens is 3. The predicted octanol–water partition coefficient (Wildman–Crippen LogP) is 4.88. The summed E-state index contributed by atoms with van der Waals surface area (Å²) in [5.41, 5.74) is -1.72. The number of aliphatic hydroxyl groups is 1. The zero-order valence-electron chi connectivity index (χ0n) is 15.4. The van der Waals surface area contributed by atoms with E-state index in [1.165, 1.54) is 0 Å². The summed E-state index contributed by atoms with van der Waals surface area (Å²) in [5, 5.41) is 10.9. The lowest BCUT2D eigenvalue weighted by molar-refractivity contribution is -0.167. The number of fused-ring (bicyclic) bond motifs is 5. The fraction of sp³-hybridized carbons (Fsp3) is 0.900. The molecule has 0 amide bonds. The summed E-state index contributed by atoms with van der Waals surface area (Å²) in [6.07, 6.45) is 5.24. The zero-order chi connectivity index (χ0) is 19.1. The summed E-state index contributed by atoms with van der Waals surface area (Å²) in [5.74, 6) is 1.09. The molecule has 0 heterocycles. The molecule has 0 aromatic carbocycles. The molecule has 0 saturated heterocycles. The Kier molecular flexibility index (Phi) is 4.38. The number of hydrogen-bond acceptors (Lipinski definition) is 3. The van der Waals surface area contributed by atoms with E-state index in [0.717, 1.165) is 25.7 Å². The number of carbonyl (C=O) groups is 2. The number of alkyl halides is 3. The smallest absolute Gasteiger partial charge is 0.218 e. The minimum atomic E-state index is -1.74. The molecule has 0 aromatic heterocycles. The van der Waals surface area contributed by atoms with Crippen LogP contribution in [0.25, 0.3) is 0 Å². The lowest BCUT2D eigenvalue weighted by Gasteiger charge is -2.61. The minimum Gasteiger partial charge on any atom is -0.385 e. The van der Waals surface area contributed by atoms with Gasteiger partial charge in [0.2, 0.25) is 3.79 Å². The topological polar surface area (TPSA) is 54.4 Å². The van der Waals surface area contributed by atoms with Crippen LogP contribution in [0.3, 0.4) is 0 Å². The summed E-state index contributed by atoms with van der Waals surface area (Å²) in [4.78, 5) is 25.7. The lowest BCUT2D eigenvalue weighted by atomic mass is 9.44. The number of carbonyl (C=O) groups excluding carboxylic acids is 2. The van der Waals surface area contributed by atoms with E-state index in [1.54, 1.807) is 0 Å². The van der Waals surface area contributed by atoms with Crippen molar-refractivity contribution in [2.75, 3.05) is 0 Å². The SMILES string of the molecule is C[C@]12CC[C@](O)(C(Cl)(Cl)Cl)C[C@@H]1CC(=O)[C@@H]1[C@@H]2CC[C@]2(C)C(=O)CC[C@@H]12. The molecule has 0 unspecified atom stereocenters. The van der Waals surface area contributed by atoms with Crippen LogP contribution in [0.15, 0.2) is 0 Å². The first-order chi connectivity index (χ1) is 11.9. The third-order valence-corrected chi connectivity index (χ3v) is 9.82. The van der Waals surface area contributed by atoms with Crippen molar-refractivity contribution in [2.24, 2.45) is 34.5 Å². The van der Waals surface area contributed by atoms with Gasteiger partial charge in [0.25, 0.3) is 0 Å². The molecule has 4 saturated carbocycles. The second-order valence-electron chi connectivity index (χ2n) is 9.76. The van der Waals surface area contributed by atoms with Gasteiger partial charge >= 0.3 is 0 Å². The number of ketones is 2. The second kappa shape index (κ2) is 5.84. The maximum absolute atomic E-state index is 13.2. The van der Waals surface area contributed by atoms with Crippen molar-refractivity contribution < 1.29 is 14.7 Å². The van der Waals surface area contributed by atoms with Crippen molar-refractivity contribution in [3.63, 3.8) is 0 Å². The molecule has 0 aromatic rings. The molecule has 1 N–H and O–H groups in total. The highest BCUT2D eigenvalue weighted by Crippen LogP contribution is 2.66. The molecule has 4 aliphatic rings. The van der Waals surface area contributed by atoms with Crippen LogP contribution in [0.5, 0.6) is 0 Å². The van der Waals surface area contributed by atoms with Gasteiger partial charge in [-0.2, -0.15) is 0 Å². The van der Waals surface area contributed by atoms with Gasteiger partial charge in [-0.25, -0.2) is 0 Å². The highest BCUT2D eigenvalue weighted by atomic mass is 35.6. The first-order valence-corrected chi connectivity index (χ1v) is 10.9. The van der Waals surface area contributed by atoms with Crippen molar-refractivity contribution in [1.82, 2.24) is 0 Å². The third-order valence-electron chi connectivity index (χ3n) is 8.77. The van der Waals surface area contributed by atoms with Crippen LogP contribution in [-0.2, 0) is 9.59 Å². The summed E-state index contributed by atoms with van der Waals surface area (Å²) in [6.45, 7) is 4.34. The van der Waals surface area contributed by atoms with Gasteiger partial charge in [0.05, 0.1) is 0 Å². The summed E-state index contributed by atoms with van der Waals surface area (Å²) in [7, 11) is 0. The molecule has 3 nitrogen and oxygen atoms in total. The monoisotopic (exact) mass is 420 g/mol. The van der Waals surface area contributed by atoms with Crippen LogP contribution in [0, 0.1) is 34.5 Å². The Morgan fingerprint density at radius 2 is 1.73 bits per heavy atom. The maximum atomic E-state index is 13.2. The van der Waals surface area contributed by atoms with Gasteiger partial charge in [-0.1, -0.05) is 48.7 Å². The molecule has 7 atom stereocenters. The van der Waals surface area contributed by atoms with E-state index in [9.17, 15) is 14.7 Å². The fourth-order valence-electron chi connectivity index (χ4n) is 6.96. The minimum absolute atomic E-state index is 0.0135. The van der Waals surface area contributed by atoms with E-state index in [1.807, 2.05) is 0 Å². The Balaban J connectivity index is 1.66. The van der Waals surface area contributed by atoms with Crippen molar-refractivity contribution in [1.29, 1.82) is 0 Å². The molecule has 146 valence electrons. The Bertz CT molecular complexity index is 659. The van der Waals surface area contributed by atoms with Gasteiger partial charge in [-0.05, 0) is 61.7 Å². The van der Waals surface area contributed by atoms with Crippen molar-refractivity contribution >= 4 is 46.4 Å². The van der Waals surface area contributed by atoms with Gasteiger partial charge < -0.3 is 5.11 Å². The van der Waals surface area contributed by atoms with Gasteiger partial charge in [0.15, 0.2) is 0 Å². The zero-order valence-corrected chi connectivity index (χ0v) is 17.6. The van der Waals surface area contributed by atoms with Crippen LogP contribution in [0.1, 0.15) is 65.2 Å². The largest absolute Gasteiger partial charge is 0.385 e. The van der Waals surface area contributed by atoms with Gasteiger partial charge in [0.1, 0.15) is 17.2 Å². The standard InChI is InChI=1S/C20H27Cl3O3/c1-17-7-8-19(26,20(21,22)23)10-11(17)9-14(24)16-12-3-4-15(25)18(12,2)6-5-13(16)17/h11-13,16,26H,3-10H2,1-2H3/t11-,12-,13-,16-,17-,18-,19+/m0/s1. The fourth-order valence-corrected chi connectivity index (χ4v) is 7.47. The van der Waals surface area contributed by atoms with Crippen molar-refractivity contribution in [2.45, 2.75) is 74.6 Å². The quantitative estimate of drug-likeness (QED) is 0.567. The molecule has 4 aliphatic carbocycles. The number of hydrogen-bond donors (Lipinski definition) is 1. The Morgan fingerprint density at radius 3 is 2.38 bits per heavy atom. The predicted molar refractivity (Wildman–Crippen MR) is 102 cm³/mol. The third kappa shape index (κ3) is 2.49. The van der Waals surface area contributed by atoms with E-state index in [2.05, 4.69) is 13.8 Å². The number of rotatable bonds is 0. The number of Topliss-reactive ketones (excluding diaryl/α,β-unsaturated/α-hetero) is 2. The summed E-state index contributed by atoms with van der Waals surface area (Å²) >= 11 is 18.2. The Morgan fingerprint density at radius 1 is 1.04 bits per heavy atom. The Hall–Kier alpha value is 0.170. The molecule has 0 aliphatic heterocycles. The normalized spacial score (nSPS) is 51.6. The average Bonchev–Trinajstić information content (AvgIpc) is 2.84. The van der Waals surface area contributed by atoms with E-state index < -0.39 is 9.39 Å². The molecule has 0 spiro atoms. The van der Waals surface area contributed by atoms with Crippen LogP contribution >= 0.6 is 34.8 Å². The highest BCUT2D eigenvalue weighted by molar-refractivity contribution is 6.68. The van der Waals surface area contributed by atoms with Gasteiger partial charge in [-0.15, -0.1) is 0 Å². The summed E-state index contributed by atoms with van der Waals surface area (Å²) < 4.78 is -1.74. The molecular weight excluding hydrogens is 395 g/mol. The molecule has 4 rings (SSSR count). The first-order valence-electron chi connectivity index (χ1n) is 9.77. The highest BCUT2D eigenvalue weighted by Gasteiger charge is 2.65. The van der Waals surface area contributed by atoms with E-state index in [0.29, 0.717) is 31.5 Å².